The van der Waals surface area contributed by atoms with Gasteiger partial charge in [0.15, 0.2) is 0 Å². The van der Waals surface area contributed by atoms with Gasteiger partial charge in [0.05, 0.1) is 12.7 Å². The SMILES string of the molecule is COc1ccc(C(=O)O[C@H]2C[C@@H](C)OC2=O)cc1S(=O)(=O)N(C)C. The quantitative estimate of drug-likeness (QED) is 0.719. The standard InChI is InChI=1S/C15H19NO7S/c1-9-7-12(15(18)22-9)23-14(17)10-5-6-11(21-4)13(8-10)24(19,20)16(2)3/h5-6,8-9,12H,7H2,1-4H3/t9-,12+/m1/s1. The Morgan fingerprint density at radius 2 is 2.00 bits per heavy atom. The number of benzene rings is 1. The number of sulfonamides is 1. The van der Waals surface area contributed by atoms with Crippen LogP contribution in [0.2, 0.25) is 0 Å². The highest BCUT2D eigenvalue weighted by molar-refractivity contribution is 7.89. The van der Waals surface area contributed by atoms with Crippen molar-refractivity contribution in [2.45, 2.75) is 30.4 Å². The number of cyclic esters (lactones) is 1. The number of nitrogens with zero attached hydrogens (tertiary/aromatic N) is 1. The zero-order chi connectivity index (χ0) is 18.1. The lowest BCUT2D eigenvalue weighted by Crippen LogP contribution is -2.24. The van der Waals surface area contributed by atoms with Gasteiger partial charge in [-0.1, -0.05) is 0 Å². The second-order valence-corrected chi connectivity index (χ2v) is 7.65. The summed E-state index contributed by atoms with van der Waals surface area (Å²) in [5.74, 6) is -1.30. The molecule has 0 amide bonds. The summed E-state index contributed by atoms with van der Waals surface area (Å²) in [5.41, 5.74) is 0.00331. The number of ether oxygens (including phenoxy) is 3. The molecule has 8 nitrogen and oxygen atoms in total. The summed E-state index contributed by atoms with van der Waals surface area (Å²) in [6.45, 7) is 1.70. The van der Waals surface area contributed by atoms with Crippen LogP contribution in [0.3, 0.4) is 0 Å². The van der Waals surface area contributed by atoms with Gasteiger partial charge < -0.3 is 14.2 Å². The average molecular weight is 357 g/mol. The summed E-state index contributed by atoms with van der Waals surface area (Å²) in [4.78, 5) is 23.6. The third kappa shape index (κ3) is 3.51. The van der Waals surface area contributed by atoms with Crippen LogP contribution in [0.25, 0.3) is 0 Å². The third-order valence-corrected chi connectivity index (χ3v) is 5.37. The third-order valence-electron chi connectivity index (χ3n) is 3.53. The van der Waals surface area contributed by atoms with Crippen molar-refractivity contribution < 1.29 is 32.2 Å². The molecule has 9 heteroatoms. The predicted molar refractivity (Wildman–Crippen MR) is 83.2 cm³/mol. The van der Waals surface area contributed by atoms with Crippen molar-refractivity contribution >= 4 is 22.0 Å². The van der Waals surface area contributed by atoms with Gasteiger partial charge >= 0.3 is 11.9 Å². The Kier molecular flexibility index (Phi) is 5.14. The molecule has 0 aromatic heterocycles. The van der Waals surface area contributed by atoms with E-state index in [-0.39, 0.29) is 28.7 Å². The van der Waals surface area contributed by atoms with E-state index in [1.165, 1.54) is 39.4 Å². The number of carbonyl (C=O) groups is 2. The molecule has 1 aliphatic rings. The molecule has 1 heterocycles. The van der Waals surface area contributed by atoms with Crippen LogP contribution in [0.15, 0.2) is 23.1 Å². The number of rotatable bonds is 5. The lowest BCUT2D eigenvalue weighted by molar-refractivity contribution is -0.147. The fourth-order valence-electron chi connectivity index (χ4n) is 2.22. The topological polar surface area (TPSA) is 99.2 Å². The zero-order valence-electron chi connectivity index (χ0n) is 13.8. The van der Waals surface area contributed by atoms with Gasteiger partial charge in [-0.15, -0.1) is 0 Å². The van der Waals surface area contributed by atoms with Crippen molar-refractivity contribution in [1.29, 1.82) is 0 Å². The maximum Gasteiger partial charge on any atom is 0.347 e. The van der Waals surface area contributed by atoms with E-state index in [0.29, 0.717) is 0 Å². The van der Waals surface area contributed by atoms with E-state index in [4.69, 9.17) is 14.2 Å². The summed E-state index contributed by atoms with van der Waals surface area (Å²) in [6.07, 6.45) is -1.04. The fraction of sp³-hybridized carbons (Fsp3) is 0.467. The molecule has 2 rings (SSSR count). The summed E-state index contributed by atoms with van der Waals surface area (Å²) >= 11 is 0. The number of methoxy groups -OCH3 is 1. The largest absolute Gasteiger partial charge is 0.495 e. The van der Waals surface area contributed by atoms with Crippen LogP contribution in [-0.2, 0) is 24.3 Å². The Balaban J connectivity index is 2.32. The molecule has 1 aromatic rings. The van der Waals surface area contributed by atoms with E-state index in [1.54, 1.807) is 6.92 Å². The van der Waals surface area contributed by atoms with Crippen molar-refractivity contribution in [3.63, 3.8) is 0 Å². The second kappa shape index (κ2) is 6.78. The molecule has 1 fully saturated rings. The Bertz CT molecular complexity index is 757. The molecule has 2 atom stereocenters. The van der Waals surface area contributed by atoms with E-state index in [2.05, 4.69) is 0 Å². The number of esters is 2. The first-order valence-corrected chi connectivity index (χ1v) is 8.63. The Hall–Kier alpha value is -2.13. The number of hydrogen-bond donors (Lipinski definition) is 0. The van der Waals surface area contributed by atoms with Crippen molar-refractivity contribution in [3.8, 4) is 5.75 Å². The van der Waals surface area contributed by atoms with Crippen LogP contribution in [0, 0.1) is 0 Å². The van der Waals surface area contributed by atoms with E-state index < -0.39 is 28.1 Å². The van der Waals surface area contributed by atoms with Crippen LogP contribution < -0.4 is 4.74 Å². The van der Waals surface area contributed by atoms with Crippen LogP contribution in [0.4, 0.5) is 0 Å². The van der Waals surface area contributed by atoms with Gasteiger partial charge in [-0.2, -0.15) is 0 Å². The minimum Gasteiger partial charge on any atom is -0.495 e. The summed E-state index contributed by atoms with van der Waals surface area (Å²) < 4.78 is 40.8. The van der Waals surface area contributed by atoms with Crippen LogP contribution in [0.5, 0.6) is 5.75 Å². The first-order chi connectivity index (χ1) is 11.2. The molecule has 24 heavy (non-hydrogen) atoms. The summed E-state index contributed by atoms with van der Waals surface area (Å²) in [7, 11) is 0.259. The minimum atomic E-state index is -3.81. The Morgan fingerprint density at radius 1 is 1.33 bits per heavy atom. The molecule has 0 radical (unpaired) electrons. The van der Waals surface area contributed by atoms with Gasteiger partial charge in [0.25, 0.3) is 0 Å². The molecular formula is C15H19NO7S. The first kappa shape index (κ1) is 18.2. The Labute approximate surface area is 140 Å². The van der Waals surface area contributed by atoms with Crippen LogP contribution in [-0.4, -0.2) is 58.1 Å². The molecule has 0 unspecified atom stereocenters. The van der Waals surface area contributed by atoms with Gasteiger partial charge in [-0.3, -0.25) is 0 Å². The highest BCUT2D eigenvalue weighted by atomic mass is 32.2. The Morgan fingerprint density at radius 3 is 2.50 bits per heavy atom. The van der Waals surface area contributed by atoms with E-state index in [0.717, 1.165) is 4.31 Å². The zero-order valence-corrected chi connectivity index (χ0v) is 14.6. The van der Waals surface area contributed by atoms with E-state index in [1.807, 2.05) is 0 Å². The van der Waals surface area contributed by atoms with Gasteiger partial charge in [0, 0.05) is 20.5 Å². The highest BCUT2D eigenvalue weighted by Crippen LogP contribution is 2.28. The molecule has 0 bridgehead atoms. The fourth-order valence-corrected chi connectivity index (χ4v) is 3.29. The maximum absolute atomic E-state index is 12.3. The van der Waals surface area contributed by atoms with Crippen molar-refractivity contribution in [3.05, 3.63) is 23.8 Å². The molecule has 0 spiro atoms. The molecular weight excluding hydrogens is 338 g/mol. The van der Waals surface area contributed by atoms with Gasteiger partial charge in [-0.25, -0.2) is 22.3 Å². The lowest BCUT2D eigenvalue weighted by Gasteiger charge is -2.15. The molecule has 1 aromatic carbocycles. The monoisotopic (exact) mass is 357 g/mol. The molecule has 0 N–H and O–H groups in total. The van der Waals surface area contributed by atoms with Gasteiger partial charge in [-0.05, 0) is 25.1 Å². The lowest BCUT2D eigenvalue weighted by atomic mass is 10.2. The first-order valence-electron chi connectivity index (χ1n) is 7.19. The predicted octanol–water partition coefficient (Wildman–Crippen LogP) is 0.806. The maximum atomic E-state index is 12.3. The van der Waals surface area contributed by atoms with Crippen molar-refractivity contribution in [2.75, 3.05) is 21.2 Å². The normalized spacial score (nSPS) is 20.8. The molecule has 0 aliphatic carbocycles. The van der Waals surface area contributed by atoms with Crippen molar-refractivity contribution in [1.82, 2.24) is 4.31 Å². The van der Waals surface area contributed by atoms with Gasteiger partial charge in [0.2, 0.25) is 16.1 Å². The molecule has 1 aliphatic heterocycles. The molecule has 1 saturated heterocycles. The average Bonchev–Trinajstić information content (AvgIpc) is 2.83. The summed E-state index contributed by atoms with van der Waals surface area (Å²) in [5, 5.41) is 0. The molecule has 132 valence electrons. The second-order valence-electron chi connectivity index (χ2n) is 5.53. The highest BCUT2D eigenvalue weighted by Gasteiger charge is 2.35. The summed E-state index contributed by atoms with van der Waals surface area (Å²) in [6, 6.07) is 3.91. The van der Waals surface area contributed by atoms with Crippen molar-refractivity contribution in [2.24, 2.45) is 0 Å². The molecule has 0 saturated carbocycles. The number of carbonyl (C=O) groups excluding carboxylic acids is 2. The van der Waals surface area contributed by atoms with Crippen LogP contribution >= 0.6 is 0 Å². The number of hydrogen-bond acceptors (Lipinski definition) is 7. The van der Waals surface area contributed by atoms with E-state index in [9.17, 15) is 18.0 Å². The van der Waals surface area contributed by atoms with Crippen LogP contribution in [0.1, 0.15) is 23.7 Å². The van der Waals surface area contributed by atoms with E-state index >= 15 is 0 Å². The van der Waals surface area contributed by atoms with Gasteiger partial charge in [0.1, 0.15) is 16.7 Å². The smallest absolute Gasteiger partial charge is 0.347 e. The minimum absolute atomic E-state index is 0.00331.